The first-order chi connectivity index (χ1) is 14.1. The summed E-state index contributed by atoms with van der Waals surface area (Å²) < 4.78 is 1.74. The molecule has 0 atom stereocenters. The molecule has 144 valence electrons. The topological polar surface area (TPSA) is 103 Å². The van der Waals surface area contributed by atoms with Gasteiger partial charge in [0.05, 0.1) is 16.8 Å². The van der Waals surface area contributed by atoms with Gasteiger partial charge < -0.3 is 5.32 Å². The van der Waals surface area contributed by atoms with E-state index in [0.29, 0.717) is 10.6 Å². The molecule has 1 N–H and O–H groups in total. The van der Waals surface area contributed by atoms with Gasteiger partial charge in [-0.05, 0) is 12.1 Å². The minimum Gasteiger partial charge on any atom is -0.346 e. The van der Waals surface area contributed by atoms with Crippen LogP contribution in [0.2, 0.25) is 0 Å². The van der Waals surface area contributed by atoms with E-state index in [1.165, 1.54) is 17.4 Å². The lowest BCUT2D eigenvalue weighted by Gasteiger charge is -2.04. The van der Waals surface area contributed by atoms with Crippen molar-refractivity contribution in [2.45, 2.75) is 6.54 Å². The maximum atomic E-state index is 12.4. The number of hydrogen-bond acceptors (Lipinski definition) is 6. The number of nitrogens with one attached hydrogen (secondary N) is 1. The van der Waals surface area contributed by atoms with Crippen molar-refractivity contribution in [2.24, 2.45) is 0 Å². The molecule has 0 saturated carbocycles. The van der Waals surface area contributed by atoms with Crippen molar-refractivity contribution < 1.29 is 9.72 Å². The number of carbonyl (C=O) groups is 1. The van der Waals surface area contributed by atoms with Crippen LogP contribution < -0.4 is 5.32 Å². The molecule has 2 aromatic heterocycles. The lowest BCUT2D eigenvalue weighted by Crippen LogP contribution is -2.23. The Balaban J connectivity index is 1.46. The van der Waals surface area contributed by atoms with Gasteiger partial charge in [-0.1, -0.05) is 36.4 Å². The van der Waals surface area contributed by atoms with Crippen LogP contribution in [-0.2, 0) is 6.54 Å². The number of rotatable bonds is 6. The van der Waals surface area contributed by atoms with Gasteiger partial charge in [0.25, 0.3) is 11.6 Å². The van der Waals surface area contributed by atoms with Crippen molar-refractivity contribution in [2.75, 3.05) is 0 Å². The molecule has 0 unspecified atom stereocenters. The Morgan fingerprint density at radius 1 is 1.14 bits per heavy atom. The molecule has 4 aromatic rings. The van der Waals surface area contributed by atoms with Crippen LogP contribution in [0.4, 0.5) is 5.69 Å². The number of hydrogen-bond donors (Lipinski definition) is 1. The summed E-state index contributed by atoms with van der Waals surface area (Å²) in [6.45, 7) is 0.0504. The molecule has 0 radical (unpaired) electrons. The average molecular weight is 405 g/mol. The van der Waals surface area contributed by atoms with E-state index in [1.54, 1.807) is 34.5 Å². The Morgan fingerprint density at radius 2 is 1.90 bits per heavy atom. The van der Waals surface area contributed by atoms with Crippen LogP contribution in [0.3, 0.4) is 0 Å². The zero-order chi connectivity index (χ0) is 20.2. The number of nitro benzene ring substituents is 1. The molecule has 0 spiro atoms. The molecule has 0 fully saturated rings. The summed E-state index contributed by atoms with van der Waals surface area (Å²) in [6.07, 6.45) is 3.55. The Labute approximate surface area is 169 Å². The monoisotopic (exact) mass is 405 g/mol. The number of benzene rings is 2. The van der Waals surface area contributed by atoms with Crippen LogP contribution in [0.25, 0.3) is 16.3 Å². The molecule has 8 nitrogen and oxygen atoms in total. The van der Waals surface area contributed by atoms with Crippen LogP contribution in [0, 0.1) is 10.1 Å². The Morgan fingerprint density at radius 3 is 2.69 bits per heavy atom. The van der Waals surface area contributed by atoms with Crippen molar-refractivity contribution >= 4 is 22.9 Å². The van der Waals surface area contributed by atoms with Crippen LogP contribution in [0.15, 0.2) is 72.4 Å². The summed E-state index contributed by atoms with van der Waals surface area (Å²) in [5.74, 6) is -0.388. The van der Waals surface area contributed by atoms with E-state index in [1.807, 2.05) is 36.5 Å². The summed E-state index contributed by atoms with van der Waals surface area (Å²) in [6, 6.07) is 16.0. The lowest BCUT2D eigenvalue weighted by molar-refractivity contribution is -0.385. The number of amides is 1. The third-order valence-corrected chi connectivity index (χ3v) is 5.11. The molecule has 9 heteroatoms. The lowest BCUT2D eigenvalue weighted by atomic mass is 10.2. The molecule has 1 amide bonds. The second-order valence-electron chi connectivity index (χ2n) is 6.12. The van der Waals surface area contributed by atoms with Gasteiger partial charge in [-0.15, -0.1) is 11.3 Å². The number of nitro groups is 1. The number of thiazole rings is 1. The minimum absolute atomic E-state index is 0.0277. The molecule has 29 heavy (non-hydrogen) atoms. The van der Waals surface area contributed by atoms with E-state index in [9.17, 15) is 14.9 Å². The molecule has 0 bridgehead atoms. The predicted octanol–water partition coefficient (Wildman–Crippen LogP) is 3.83. The molecule has 4 rings (SSSR count). The van der Waals surface area contributed by atoms with E-state index < -0.39 is 4.92 Å². The summed E-state index contributed by atoms with van der Waals surface area (Å²) in [7, 11) is 0. The fourth-order valence-electron chi connectivity index (χ4n) is 2.77. The van der Waals surface area contributed by atoms with Crippen LogP contribution >= 0.6 is 11.3 Å². The Kier molecular flexibility index (Phi) is 5.12. The molecule has 0 aliphatic heterocycles. The summed E-state index contributed by atoms with van der Waals surface area (Å²) in [5, 5.41) is 20.4. The van der Waals surface area contributed by atoms with Gasteiger partial charge >= 0.3 is 0 Å². The maximum Gasteiger partial charge on any atom is 0.274 e. The molecule has 2 heterocycles. The molecule has 0 saturated heterocycles. The highest BCUT2D eigenvalue weighted by Gasteiger charge is 2.16. The van der Waals surface area contributed by atoms with Crippen molar-refractivity contribution in [1.29, 1.82) is 0 Å². The molecule has 2 aromatic carbocycles. The van der Waals surface area contributed by atoms with Crippen molar-refractivity contribution in [1.82, 2.24) is 20.1 Å². The fourth-order valence-corrected chi connectivity index (χ4v) is 3.55. The number of para-hydroxylation sites is 2. The highest BCUT2D eigenvalue weighted by atomic mass is 32.1. The average Bonchev–Trinajstić information content (AvgIpc) is 3.42. The SMILES string of the molecule is O=C(NCc1ccccc1[N+](=O)[O-])c1csc(-c2cnn(-c3ccccc3)c2)n1. The highest BCUT2D eigenvalue weighted by Crippen LogP contribution is 2.24. The predicted molar refractivity (Wildman–Crippen MR) is 109 cm³/mol. The van der Waals surface area contributed by atoms with Crippen LogP contribution in [-0.4, -0.2) is 25.6 Å². The van der Waals surface area contributed by atoms with Crippen molar-refractivity contribution in [3.63, 3.8) is 0 Å². The maximum absolute atomic E-state index is 12.4. The van der Waals surface area contributed by atoms with Crippen LogP contribution in [0.5, 0.6) is 0 Å². The fraction of sp³-hybridized carbons (Fsp3) is 0.0500. The Bertz CT molecular complexity index is 1170. The standard InChI is InChI=1S/C20H15N5O3S/c26-19(21-10-14-6-4-5-9-18(14)25(27)28)17-13-29-20(23-17)15-11-22-24(12-15)16-7-2-1-3-8-16/h1-9,11-13H,10H2,(H,21,26). The second-order valence-corrected chi connectivity index (χ2v) is 6.97. The number of nitrogens with zero attached hydrogens (tertiary/aromatic N) is 4. The zero-order valence-electron chi connectivity index (χ0n) is 15.1. The van der Waals surface area contributed by atoms with E-state index in [-0.39, 0.29) is 23.8 Å². The highest BCUT2D eigenvalue weighted by molar-refractivity contribution is 7.13. The molecule has 0 aliphatic carbocycles. The summed E-state index contributed by atoms with van der Waals surface area (Å²) in [5.41, 5.74) is 2.40. The van der Waals surface area contributed by atoms with Gasteiger partial charge in [0.1, 0.15) is 10.7 Å². The van der Waals surface area contributed by atoms with E-state index in [4.69, 9.17) is 0 Å². The van der Waals surface area contributed by atoms with Gasteiger partial charge in [-0.3, -0.25) is 14.9 Å². The van der Waals surface area contributed by atoms with Gasteiger partial charge in [0.15, 0.2) is 0 Å². The van der Waals surface area contributed by atoms with Crippen LogP contribution in [0.1, 0.15) is 16.1 Å². The number of aromatic nitrogens is 3. The number of carbonyl (C=O) groups excluding carboxylic acids is 1. The van der Waals surface area contributed by atoms with E-state index >= 15 is 0 Å². The molecule has 0 aliphatic rings. The largest absolute Gasteiger partial charge is 0.346 e. The van der Waals surface area contributed by atoms with E-state index in [0.717, 1.165) is 11.3 Å². The quantitative estimate of drug-likeness (QED) is 0.388. The third-order valence-electron chi connectivity index (χ3n) is 4.21. The third kappa shape index (κ3) is 4.04. The smallest absolute Gasteiger partial charge is 0.274 e. The van der Waals surface area contributed by atoms with E-state index in [2.05, 4.69) is 15.4 Å². The first kappa shape index (κ1) is 18.5. The van der Waals surface area contributed by atoms with Gasteiger partial charge in [-0.2, -0.15) is 5.10 Å². The van der Waals surface area contributed by atoms with Crippen molar-refractivity contribution in [3.05, 3.63) is 93.7 Å². The van der Waals surface area contributed by atoms with Gasteiger partial charge in [0, 0.05) is 35.3 Å². The summed E-state index contributed by atoms with van der Waals surface area (Å²) >= 11 is 1.34. The molecular formula is C20H15N5O3S. The van der Waals surface area contributed by atoms with Crippen molar-refractivity contribution in [3.8, 4) is 16.3 Å². The summed E-state index contributed by atoms with van der Waals surface area (Å²) in [4.78, 5) is 27.4. The normalized spacial score (nSPS) is 10.6. The molecular weight excluding hydrogens is 390 g/mol. The zero-order valence-corrected chi connectivity index (χ0v) is 15.9. The Hall–Kier alpha value is -3.85. The van der Waals surface area contributed by atoms with Gasteiger partial charge in [0.2, 0.25) is 0 Å². The van der Waals surface area contributed by atoms with Gasteiger partial charge in [-0.25, -0.2) is 9.67 Å². The first-order valence-corrected chi connectivity index (χ1v) is 9.56. The minimum atomic E-state index is -0.465. The second kappa shape index (κ2) is 8.03. The first-order valence-electron chi connectivity index (χ1n) is 8.68.